The molecule has 0 radical (unpaired) electrons. The fourth-order valence-electron chi connectivity index (χ4n) is 3.03. The zero-order valence-corrected chi connectivity index (χ0v) is 16.9. The molecule has 2 aromatic carbocycles. The van der Waals surface area contributed by atoms with Crippen molar-refractivity contribution in [3.63, 3.8) is 0 Å². The smallest absolute Gasteiger partial charge is 0.224 e. The molecule has 8 nitrogen and oxygen atoms in total. The highest BCUT2D eigenvalue weighted by Crippen LogP contribution is 2.17. The van der Waals surface area contributed by atoms with Gasteiger partial charge in [-0.05, 0) is 42.0 Å². The number of aromatic nitrogens is 4. The van der Waals surface area contributed by atoms with Crippen LogP contribution in [0.15, 0.2) is 60.7 Å². The van der Waals surface area contributed by atoms with Gasteiger partial charge in [-0.2, -0.15) is 4.52 Å². The van der Waals surface area contributed by atoms with E-state index in [9.17, 15) is 9.18 Å². The normalized spacial score (nSPS) is 10.8. The van der Waals surface area contributed by atoms with E-state index in [1.165, 1.54) is 12.1 Å². The number of aryl methyl sites for hydroxylation is 1. The lowest BCUT2D eigenvalue weighted by molar-refractivity contribution is -0.116. The van der Waals surface area contributed by atoms with E-state index in [1.807, 2.05) is 12.1 Å². The summed E-state index contributed by atoms with van der Waals surface area (Å²) in [5, 5.41) is 18.8. The summed E-state index contributed by atoms with van der Waals surface area (Å²) in [4.78, 5) is 12.3. The second kappa shape index (κ2) is 9.21. The standard InChI is InChI=1S/C22H21FN6O2/c1-31-18-4-2-3-17(13-18)25-22(30)12-11-21-27-26-20-10-9-19(28-29(20)21)24-14-15-5-7-16(23)8-6-15/h2-10,13H,11-12,14H2,1H3,(H,24,28)(H,25,30). The number of anilines is 2. The van der Waals surface area contributed by atoms with Crippen LogP contribution in [0.3, 0.4) is 0 Å². The van der Waals surface area contributed by atoms with E-state index < -0.39 is 0 Å². The lowest BCUT2D eigenvalue weighted by atomic mass is 10.2. The van der Waals surface area contributed by atoms with Gasteiger partial charge in [-0.3, -0.25) is 4.79 Å². The number of fused-ring (bicyclic) bond motifs is 1. The van der Waals surface area contributed by atoms with E-state index >= 15 is 0 Å². The quantitative estimate of drug-likeness (QED) is 0.454. The predicted molar refractivity (Wildman–Crippen MR) is 114 cm³/mol. The van der Waals surface area contributed by atoms with Gasteiger partial charge < -0.3 is 15.4 Å². The molecule has 0 atom stereocenters. The van der Waals surface area contributed by atoms with Gasteiger partial charge in [0.15, 0.2) is 11.5 Å². The number of methoxy groups -OCH3 is 1. The Morgan fingerprint density at radius 1 is 1.10 bits per heavy atom. The van der Waals surface area contributed by atoms with Gasteiger partial charge in [0.05, 0.1) is 7.11 Å². The zero-order chi connectivity index (χ0) is 21.6. The Morgan fingerprint density at radius 2 is 1.94 bits per heavy atom. The van der Waals surface area contributed by atoms with Crippen LogP contribution >= 0.6 is 0 Å². The average molecular weight is 420 g/mol. The summed E-state index contributed by atoms with van der Waals surface area (Å²) < 4.78 is 19.8. The van der Waals surface area contributed by atoms with Gasteiger partial charge in [0.1, 0.15) is 17.4 Å². The van der Waals surface area contributed by atoms with E-state index in [0.29, 0.717) is 41.7 Å². The number of rotatable bonds is 8. The molecule has 0 spiro atoms. The summed E-state index contributed by atoms with van der Waals surface area (Å²) in [5.41, 5.74) is 2.19. The minimum Gasteiger partial charge on any atom is -0.497 e. The molecule has 158 valence electrons. The molecule has 4 aromatic rings. The van der Waals surface area contributed by atoms with Crippen molar-refractivity contribution in [3.05, 3.63) is 77.9 Å². The molecule has 0 unspecified atom stereocenters. The minimum atomic E-state index is -0.270. The summed E-state index contributed by atoms with van der Waals surface area (Å²) >= 11 is 0. The number of nitrogens with zero attached hydrogens (tertiary/aromatic N) is 4. The molecule has 0 bridgehead atoms. The Labute approximate surface area is 178 Å². The maximum atomic E-state index is 13.0. The molecule has 1 amide bonds. The number of amides is 1. The van der Waals surface area contributed by atoms with Crippen LogP contribution in [0.4, 0.5) is 15.9 Å². The minimum absolute atomic E-state index is 0.143. The van der Waals surface area contributed by atoms with Gasteiger partial charge in [-0.15, -0.1) is 15.3 Å². The number of hydrogen-bond acceptors (Lipinski definition) is 6. The van der Waals surface area contributed by atoms with Gasteiger partial charge in [-0.25, -0.2) is 4.39 Å². The summed E-state index contributed by atoms with van der Waals surface area (Å²) in [6, 6.07) is 17.0. The van der Waals surface area contributed by atoms with Crippen LogP contribution < -0.4 is 15.4 Å². The molecule has 0 aliphatic heterocycles. The van der Waals surface area contributed by atoms with Gasteiger partial charge in [-0.1, -0.05) is 18.2 Å². The van der Waals surface area contributed by atoms with Crippen molar-refractivity contribution in [3.8, 4) is 5.75 Å². The lowest BCUT2D eigenvalue weighted by Gasteiger charge is -2.07. The number of halogens is 1. The van der Waals surface area contributed by atoms with Crippen molar-refractivity contribution in [1.82, 2.24) is 19.8 Å². The average Bonchev–Trinajstić information content (AvgIpc) is 3.19. The highest BCUT2D eigenvalue weighted by Gasteiger charge is 2.11. The third-order valence-electron chi connectivity index (χ3n) is 4.64. The van der Waals surface area contributed by atoms with E-state index in [2.05, 4.69) is 25.9 Å². The maximum Gasteiger partial charge on any atom is 0.224 e. The Balaban J connectivity index is 1.38. The third-order valence-corrected chi connectivity index (χ3v) is 4.64. The van der Waals surface area contributed by atoms with Crippen molar-refractivity contribution in [2.75, 3.05) is 17.7 Å². The Bertz CT molecular complexity index is 1190. The van der Waals surface area contributed by atoms with Crippen molar-refractivity contribution in [2.45, 2.75) is 19.4 Å². The molecule has 9 heteroatoms. The Kier molecular flexibility index (Phi) is 6.02. The van der Waals surface area contributed by atoms with Gasteiger partial charge in [0.2, 0.25) is 5.91 Å². The molecular weight excluding hydrogens is 399 g/mol. The van der Waals surface area contributed by atoms with E-state index in [0.717, 1.165) is 5.56 Å². The first kappa shape index (κ1) is 20.3. The van der Waals surface area contributed by atoms with Gasteiger partial charge in [0, 0.05) is 31.1 Å². The third kappa shape index (κ3) is 5.13. The monoisotopic (exact) mass is 420 g/mol. The van der Waals surface area contributed by atoms with Gasteiger partial charge >= 0.3 is 0 Å². The first-order chi connectivity index (χ1) is 15.1. The zero-order valence-electron chi connectivity index (χ0n) is 16.9. The summed E-state index contributed by atoms with van der Waals surface area (Å²) in [6.45, 7) is 0.499. The van der Waals surface area contributed by atoms with Crippen LogP contribution in [0.2, 0.25) is 0 Å². The van der Waals surface area contributed by atoms with Crippen LogP contribution in [0, 0.1) is 5.82 Å². The number of ether oxygens (including phenoxy) is 1. The highest BCUT2D eigenvalue weighted by atomic mass is 19.1. The van der Waals surface area contributed by atoms with E-state index in [1.54, 1.807) is 48.0 Å². The molecule has 0 fully saturated rings. The maximum absolute atomic E-state index is 13.0. The molecule has 2 N–H and O–H groups in total. The molecule has 0 aliphatic carbocycles. The number of carbonyl (C=O) groups is 1. The van der Waals surface area contributed by atoms with Crippen molar-refractivity contribution in [1.29, 1.82) is 0 Å². The fraction of sp³-hybridized carbons (Fsp3) is 0.182. The Morgan fingerprint density at radius 3 is 2.74 bits per heavy atom. The molecule has 0 saturated carbocycles. The molecule has 0 aliphatic rings. The highest BCUT2D eigenvalue weighted by molar-refractivity contribution is 5.90. The Hall–Kier alpha value is -4.01. The van der Waals surface area contributed by atoms with Crippen LogP contribution in [0.5, 0.6) is 5.75 Å². The second-order valence-electron chi connectivity index (χ2n) is 6.86. The number of benzene rings is 2. The van der Waals surface area contributed by atoms with E-state index in [-0.39, 0.29) is 18.1 Å². The van der Waals surface area contributed by atoms with Crippen LogP contribution in [-0.2, 0) is 17.8 Å². The lowest BCUT2D eigenvalue weighted by Crippen LogP contribution is -2.13. The first-order valence-corrected chi connectivity index (χ1v) is 9.74. The molecule has 4 rings (SSSR count). The summed E-state index contributed by atoms with van der Waals surface area (Å²) in [7, 11) is 1.58. The summed E-state index contributed by atoms with van der Waals surface area (Å²) in [5.74, 6) is 1.47. The molecule has 2 heterocycles. The van der Waals surface area contributed by atoms with E-state index in [4.69, 9.17) is 4.74 Å². The number of hydrogen-bond donors (Lipinski definition) is 2. The van der Waals surface area contributed by atoms with Crippen molar-refractivity contribution >= 4 is 23.1 Å². The number of carbonyl (C=O) groups excluding carboxylic acids is 1. The fourth-order valence-corrected chi connectivity index (χ4v) is 3.03. The predicted octanol–water partition coefficient (Wildman–Crippen LogP) is 3.46. The van der Waals surface area contributed by atoms with Gasteiger partial charge in [0.25, 0.3) is 0 Å². The first-order valence-electron chi connectivity index (χ1n) is 9.74. The molecule has 31 heavy (non-hydrogen) atoms. The van der Waals surface area contributed by atoms with Crippen LogP contribution in [0.1, 0.15) is 17.8 Å². The van der Waals surface area contributed by atoms with Crippen LogP contribution in [-0.4, -0.2) is 32.8 Å². The largest absolute Gasteiger partial charge is 0.497 e. The van der Waals surface area contributed by atoms with Crippen molar-refractivity contribution in [2.24, 2.45) is 0 Å². The topological polar surface area (TPSA) is 93.4 Å². The second-order valence-corrected chi connectivity index (χ2v) is 6.86. The van der Waals surface area contributed by atoms with Crippen molar-refractivity contribution < 1.29 is 13.9 Å². The SMILES string of the molecule is COc1cccc(NC(=O)CCc2nnc3ccc(NCc4ccc(F)cc4)nn23)c1. The molecule has 2 aromatic heterocycles. The number of nitrogens with one attached hydrogen (secondary N) is 2. The summed E-state index contributed by atoms with van der Waals surface area (Å²) in [6.07, 6.45) is 0.609. The molecule has 0 saturated heterocycles. The molecular formula is C22H21FN6O2. The van der Waals surface area contributed by atoms with Crippen LogP contribution in [0.25, 0.3) is 5.65 Å².